The molecule has 3 aliphatic heterocycles. The largest absolute Gasteiger partial charge is 0.383 e. The number of likely N-dealkylation sites (tertiary alicyclic amines) is 1. The quantitative estimate of drug-likeness (QED) is 0.757. The van der Waals surface area contributed by atoms with Gasteiger partial charge < -0.3 is 10.1 Å². The number of fused-ring (bicyclic) bond motifs is 4. The van der Waals surface area contributed by atoms with E-state index in [4.69, 9.17) is 16.3 Å². The Kier molecular flexibility index (Phi) is 4.29. The topological polar surface area (TPSA) is 87.7 Å². The van der Waals surface area contributed by atoms with Crippen LogP contribution in [0.4, 0.5) is 5.69 Å². The lowest BCUT2D eigenvalue weighted by Gasteiger charge is -2.30. The van der Waals surface area contributed by atoms with E-state index in [1.54, 1.807) is 18.2 Å². The van der Waals surface area contributed by atoms with Crippen molar-refractivity contribution < 1.29 is 19.1 Å². The van der Waals surface area contributed by atoms with Crippen molar-refractivity contribution >= 4 is 35.0 Å². The van der Waals surface area contributed by atoms with Crippen LogP contribution in [0.5, 0.6) is 0 Å². The Morgan fingerprint density at radius 1 is 1.26 bits per heavy atom. The Bertz CT molecular complexity index is 842. The van der Waals surface area contributed by atoms with E-state index < -0.39 is 17.4 Å². The summed E-state index contributed by atoms with van der Waals surface area (Å²) in [6.45, 7) is 4.41. The molecule has 3 amide bonds. The molecule has 2 unspecified atom stereocenters. The van der Waals surface area contributed by atoms with Crippen LogP contribution >= 0.6 is 11.6 Å². The van der Waals surface area contributed by atoms with Gasteiger partial charge in [-0.1, -0.05) is 25.4 Å². The molecule has 27 heavy (non-hydrogen) atoms. The average molecular weight is 392 g/mol. The predicted molar refractivity (Wildman–Crippen MR) is 99.1 cm³/mol. The van der Waals surface area contributed by atoms with E-state index in [0.717, 1.165) is 0 Å². The van der Waals surface area contributed by atoms with Crippen LogP contribution in [0.3, 0.4) is 0 Å². The number of ether oxygens (including phenoxy) is 1. The maximum atomic E-state index is 13.3. The summed E-state index contributed by atoms with van der Waals surface area (Å²) in [5.74, 6) is -2.22. The molecule has 0 aliphatic carbocycles. The molecule has 1 spiro atoms. The van der Waals surface area contributed by atoms with E-state index in [-0.39, 0.29) is 42.8 Å². The fourth-order valence-electron chi connectivity index (χ4n) is 4.74. The minimum atomic E-state index is -1.28. The monoisotopic (exact) mass is 391 g/mol. The first-order valence-corrected chi connectivity index (χ1v) is 9.44. The molecule has 7 nitrogen and oxygen atoms in total. The van der Waals surface area contributed by atoms with Crippen molar-refractivity contribution in [3.8, 4) is 0 Å². The van der Waals surface area contributed by atoms with E-state index >= 15 is 0 Å². The van der Waals surface area contributed by atoms with Crippen molar-refractivity contribution in [3.63, 3.8) is 0 Å². The zero-order valence-electron chi connectivity index (χ0n) is 15.4. The SMILES string of the molecule is COCCN1C(=O)[C@H]2C(C(C)C)NC3(C(=O)Nc4ccc(Cl)cc43)[C@H]2C1=O. The molecular formula is C19H22ClN3O4. The fraction of sp³-hybridized carbons (Fsp3) is 0.526. The minimum Gasteiger partial charge on any atom is -0.383 e. The lowest BCUT2D eigenvalue weighted by atomic mass is 9.76. The highest BCUT2D eigenvalue weighted by Gasteiger charge is 2.70. The van der Waals surface area contributed by atoms with Gasteiger partial charge in [0.25, 0.3) is 0 Å². The maximum Gasteiger partial charge on any atom is 0.250 e. The summed E-state index contributed by atoms with van der Waals surface area (Å²) in [4.78, 5) is 40.7. The highest BCUT2D eigenvalue weighted by Crippen LogP contribution is 2.54. The molecule has 0 bridgehead atoms. The van der Waals surface area contributed by atoms with Crippen LogP contribution in [0, 0.1) is 17.8 Å². The Balaban J connectivity index is 1.86. The minimum absolute atomic E-state index is 0.0621. The normalized spacial score (nSPS) is 31.8. The summed E-state index contributed by atoms with van der Waals surface area (Å²) < 4.78 is 5.05. The average Bonchev–Trinajstić information content (AvgIpc) is 3.20. The van der Waals surface area contributed by atoms with E-state index in [2.05, 4.69) is 10.6 Å². The van der Waals surface area contributed by atoms with E-state index in [1.807, 2.05) is 13.8 Å². The van der Waals surface area contributed by atoms with E-state index in [9.17, 15) is 14.4 Å². The van der Waals surface area contributed by atoms with Crippen molar-refractivity contribution in [3.05, 3.63) is 28.8 Å². The standard InChI is InChI=1S/C19H22ClN3O4/c1-9(2)15-13-14(17(25)23(16(13)24)6-7-27-3)19(22-15)11-8-10(20)4-5-12(11)21-18(19)26/h4-5,8-9,13-15,22H,6-7H2,1-3H3,(H,21,26)/t13-,14-,15?,19?/m1/s1. The molecule has 4 rings (SSSR count). The fourth-order valence-corrected chi connectivity index (χ4v) is 4.91. The number of anilines is 1. The van der Waals surface area contributed by atoms with Gasteiger partial charge in [-0.15, -0.1) is 0 Å². The van der Waals surface area contributed by atoms with Crippen molar-refractivity contribution in [2.75, 3.05) is 25.6 Å². The number of nitrogens with zero attached hydrogens (tertiary/aromatic N) is 1. The van der Waals surface area contributed by atoms with Crippen LogP contribution in [0.15, 0.2) is 18.2 Å². The maximum absolute atomic E-state index is 13.3. The molecule has 0 saturated carbocycles. The molecule has 2 N–H and O–H groups in total. The van der Waals surface area contributed by atoms with Gasteiger partial charge in [0.2, 0.25) is 17.7 Å². The van der Waals surface area contributed by atoms with Crippen molar-refractivity contribution in [2.24, 2.45) is 17.8 Å². The van der Waals surface area contributed by atoms with Crippen molar-refractivity contribution in [2.45, 2.75) is 25.4 Å². The number of imide groups is 1. The van der Waals surface area contributed by atoms with Crippen LogP contribution in [0.2, 0.25) is 5.02 Å². The molecule has 0 radical (unpaired) electrons. The number of carbonyl (C=O) groups excluding carboxylic acids is 3. The summed E-state index contributed by atoms with van der Waals surface area (Å²) >= 11 is 6.19. The molecular weight excluding hydrogens is 370 g/mol. The number of carbonyl (C=O) groups is 3. The van der Waals surface area contributed by atoms with Crippen LogP contribution in [0.25, 0.3) is 0 Å². The molecule has 1 aromatic carbocycles. The number of benzene rings is 1. The predicted octanol–water partition coefficient (Wildman–Crippen LogP) is 1.36. The molecule has 1 aromatic rings. The van der Waals surface area contributed by atoms with Crippen LogP contribution in [-0.2, 0) is 24.7 Å². The summed E-state index contributed by atoms with van der Waals surface area (Å²) in [5.41, 5.74) is -0.0301. The second kappa shape index (κ2) is 6.29. The van der Waals surface area contributed by atoms with Gasteiger partial charge in [0, 0.05) is 29.4 Å². The van der Waals surface area contributed by atoms with Crippen LogP contribution in [-0.4, -0.2) is 48.9 Å². The Morgan fingerprint density at radius 3 is 2.67 bits per heavy atom. The number of rotatable bonds is 4. The van der Waals surface area contributed by atoms with Crippen molar-refractivity contribution in [1.82, 2.24) is 10.2 Å². The van der Waals surface area contributed by atoms with Gasteiger partial charge >= 0.3 is 0 Å². The van der Waals surface area contributed by atoms with E-state index in [1.165, 1.54) is 12.0 Å². The third-order valence-electron chi connectivity index (χ3n) is 5.94. The van der Waals surface area contributed by atoms with Gasteiger partial charge in [0.15, 0.2) is 0 Å². The molecule has 3 aliphatic rings. The molecule has 4 atom stereocenters. The van der Waals surface area contributed by atoms with E-state index in [0.29, 0.717) is 16.3 Å². The smallest absolute Gasteiger partial charge is 0.250 e. The van der Waals surface area contributed by atoms with Gasteiger partial charge in [-0.05, 0) is 24.1 Å². The Morgan fingerprint density at radius 2 is 2.00 bits per heavy atom. The molecule has 3 heterocycles. The first kappa shape index (κ1) is 18.4. The Hall–Kier alpha value is -1.96. The summed E-state index contributed by atoms with van der Waals surface area (Å²) in [7, 11) is 1.52. The van der Waals surface area contributed by atoms with Gasteiger partial charge in [-0.25, -0.2) is 0 Å². The second-order valence-electron chi connectivity index (χ2n) is 7.69. The third-order valence-corrected chi connectivity index (χ3v) is 6.18. The number of nitrogens with one attached hydrogen (secondary N) is 2. The number of hydrogen-bond acceptors (Lipinski definition) is 5. The molecule has 8 heteroatoms. The lowest BCUT2D eigenvalue weighted by molar-refractivity contribution is -0.143. The lowest BCUT2D eigenvalue weighted by Crippen LogP contribution is -2.54. The first-order chi connectivity index (χ1) is 12.8. The molecule has 2 fully saturated rings. The summed E-state index contributed by atoms with van der Waals surface area (Å²) in [5, 5.41) is 6.70. The zero-order valence-corrected chi connectivity index (χ0v) is 16.2. The van der Waals surface area contributed by atoms with Crippen LogP contribution < -0.4 is 10.6 Å². The van der Waals surface area contributed by atoms with Gasteiger partial charge in [0.05, 0.1) is 25.0 Å². The molecule has 0 aromatic heterocycles. The van der Waals surface area contributed by atoms with Crippen LogP contribution in [0.1, 0.15) is 19.4 Å². The molecule has 144 valence electrons. The Labute approximate surface area is 162 Å². The van der Waals surface area contributed by atoms with Gasteiger partial charge in [0.1, 0.15) is 5.54 Å². The zero-order chi connectivity index (χ0) is 19.5. The highest BCUT2D eigenvalue weighted by atomic mass is 35.5. The number of hydrogen-bond donors (Lipinski definition) is 2. The van der Waals surface area contributed by atoms with Gasteiger partial charge in [-0.2, -0.15) is 0 Å². The highest BCUT2D eigenvalue weighted by molar-refractivity contribution is 6.31. The third kappa shape index (κ3) is 2.38. The summed E-state index contributed by atoms with van der Waals surface area (Å²) in [6.07, 6.45) is 0. The number of methoxy groups -OCH3 is 1. The number of halogens is 1. The molecule has 2 saturated heterocycles. The second-order valence-corrected chi connectivity index (χ2v) is 8.13. The first-order valence-electron chi connectivity index (χ1n) is 9.06. The summed E-state index contributed by atoms with van der Waals surface area (Å²) in [6, 6.07) is 4.83. The number of amides is 3. The van der Waals surface area contributed by atoms with Crippen molar-refractivity contribution in [1.29, 1.82) is 0 Å². The van der Waals surface area contributed by atoms with Gasteiger partial charge in [-0.3, -0.25) is 24.6 Å².